The van der Waals surface area contributed by atoms with Gasteiger partial charge in [-0.05, 0) is 24.3 Å². The molecular weight excluding hydrogens is 308 g/mol. The zero-order chi connectivity index (χ0) is 17.5. The van der Waals surface area contributed by atoms with E-state index in [4.69, 9.17) is 4.74 Å². The fourth-order valence-corrected chi connectivity index (χ4v) is 2.79. The monoisotopic (exact) mass is 332 g/mol. The van der Waals surface area contributed by atoms with Crippen LogP contribution in [0.5, 0.6) is 0 Å². The third-order valence-corrected chi connectivity index (χ3v) is 4.16. The normalized spacial score (nSPS) is 18.3. The fourth-order valence-electron chi connectivity index (χ4n) is 2.79. The Morgan fingerprint density at radius 1 is 1.33 bits per heavy atom. The number of nitrogens with zero attached hydrogens (tertiary/aromatic N) is 1. The first kappa shape index (κ1) is 18.0. The molecule has 1 aliphatic rings. The molecule has 0 saturated carbocycles. The lowest BCUT2D eigenvalue weighted by Crippen LogP contribution is -2.52. The Bertz CT molecular complexity index is 574. The van der Waals surface area contributed by atoms with Gasteiger partial charge in [-0.15, -0.1) is 0 Å². The van der Waals surface area contributed by atoms with E-state index < -0.39 is 12.1 Å². The molecule has 2 rings (SSSR count). The summed E-state index contributed by atoms with van der Waals surface area (Å²) in [5.74, 6) is -0.328. The van der Waals surface area contributed by atoms with Crippen molar-refractivity contribution in [3.8, 4) is 0 Å². The number of ether oxygens (including phenoxy) is 1. The number of hydrogen-bond donors (Lipinski definition) is 1. The molecule has 2 atom stereocenters. The van der Waals surface area contributed by atoms with E-state index in [2.05, 4.69) is 5.32 Å². The highest BCUT2D eigenvalue weighted by molar-refractivity contribution is 5.88. The summed E-state index contributed by atoms with van der Waals surface area (Å²) in [6.07, 6.45) is 1.65. The van der Waals surface area contributed by atoms with Crippen molar-refractivity contribution in [2.45, 2.75) is 45.4 Å². The largest absolute Gasteiger partial charge is 0.445 e. The van der Waals surface area contributed by atoms with Crippen molar-refractivity contribution in [3.05, 3.63) is 35.9 Å². The molecule has 0 bridgehead atoms. The van der Waals surface area contributed by atoms with Crippen LogP contribution in [0.15, 0.2) is 30.3 Å². The highest BCUT2D eigenvalue weighted by Gasteiger charge is 2.35. The third-order valence-electron chi connectivity index (χ3n) is 4.16. The quantitative estimate of drug-likeness (QED) is 0.810. The Morgan fingerprint density at radius 2 is 2.04 bits per heavy atom. The van der Waals surface area contributed by atoms with Gasteiger partial charge in [0, 0.05) is 6.54 Å². The molecular formula is C18H24N2O4. The van der Waals surface area contributed by atoms with Crippen LogP contribution in [0, 0.1) is 5.92 Å². The average molecular weight is 332 g/mol. The van der Waals surface area contributed by atoms with Crippen LogP contribution >= 0.6 is 0 Å². The van der Waals surface area contributed by atoms with Crippen molar-refractivity contribution in [1.82, 2.24) is 10.2 Å². The standard InChI is InChI=1S/C18H24N2O4/c1-13(2)16(17(22)20-10-6-9-15(20)11-21)19-18(23)24-12-14-7-4-3-5-8-14/h3-5,7-8,11,13,15-16H,6,9-10,12H2,1-2H3,(H,19,23)/t15?,16-/m0/s1. The number of likely N-dealkylation sites (tertiary alicyclic amines) is 1. The highest BCUT2D eigenvalue weighted by atomic mass is 16.5. The summed E-state index contributed by atoms with van der Waals surface area (Å²) < 4.78 is 5.18. The maximum Gasteiger partial charge on any atom is 0.408 e. The molecule has 0 spiro atoms. The Hall–Kier alpha value is -2.37. The zero-order valence-electron chi connectivity index (χ0n) is 14.1. The number of benzene rings is 1. The lowest BCUT2D eigenvalue weighted by atomic mass is 10.0. The lowest BCUT2D eigenvalue weighted by Gasteiger charge is -2.28. The highest BCUT2D eigenvalue weighted by Crippen LogP contribution is 2.18. The van der Waals surface area contributed by atoms with Crippen molar-refractivity contribution in [2.24, 2.45) is 5.92 Å². The van der Waals surface area contributed by atoms with Crippen LogP contribution in [0.1, 0.15) is 32.3 Å². The number of amides is 2. The van der Waals surface area contributed by atoms with E-state index in [1.54, 1.807) is 4.90 Å². The van der Waals surface area contributed by atoms with E-state index in [1.807, 2.05) is 44.2 Å². The Balaban J connectivity index is 1.93. The number of nitrogens with one attached hydrogen (secondary N) is 1. The molecule has 1 unspecified atom stereocenters. The van der Waals surface area contributed by atoms with E-state index in [-0.39, 0.29) is 24.5 Å². The van der Waals surface area contributed by atoms with Crippen LogP contribution in [0.4, 0.5) is 4.79 Å². The van der Waals surface area contributed by atoms with Crippen LogP contribution in [0.25, 0.3) is 0 Å². The molecule has 0 aromatic heterocycles. The summed E-state index contributed by atoms with van der Waals surface area (Å²) >= 11 is 0. The number of carbonyl (C=O) groups excluding carboxylic acids is 3. The average Bonchev–Trinajstić information content (AvgIpc) is 3.06. The molecule has 1 aromatic carbocycles. The van der Waals surface area contributed by atoms with E-state index in [1.165, 1.54) is 0 Å². The number of rotatable bonds is 6. The van der Waals surface area contributed by atoms with Crippen molar-refractivity contribution >= 4 is 18.3 Å². The lowest BCUT2D eigenvalue weighted by molar-refractivity contribution is -0.137. The van der Waals surface area contributed by atoms with E-state index in [9.17, 15) is 14.4 Å². The van der Waals surface area contributed by atoms with Gasteiger partial charge in [-0.25, -0.2) is 4.79 Å². The molecule has 6 heteroatoms. The Labute approximate surface area is 142 Å². The predicted molar refractivity (Wildman–Crippen MR) is 89.2 cm³/mol. The summed E-state index contributed by atoms with van der Waals surface area (Å²) in [6.45, 7) is 4.40. The maximum atomic E-state index is 12.7. The number of alkyl carbamates (subject to hydrolysis) is 1. The minimum Gasteiger partial charge on any atom is -0.445 e. The topological polar surface area (TPSA) is 75.7 Å². The van der Waals surface area contributed by atoms with Gasteiger partial charge in [0.05, 0.1) is 6.04 Å². The smallest absolute Gasteiger partial charge is 0.408 e. The van der Waals surface area contributed by atoms with Gasteiger partial charge in [-0.2, -0.15) is 0 Å². The third kappa shape index (κ3) is 4.57. The second-order valence-corrected chi connectivity index (χ2v) is 6.31. The molecule has 1 aliphatic heterocycles. The van der Waals surface area contributed by atoms with Gasteiger partial charge in [0.15, 0.2) is 0 Å². The van der Waals surface area contributed by atoms with Crippen LogP contribution in [0.2, 0.25) is 0 Å². The van der Waals surface area contributed by atoms with Crippen LogP contribution in [-0.2, 0) is 20.9 Å². The number of hydrogen-bond acceptors (Lipinski definition) is 4. The molecule has 0 radical (unpaired) electrons. The van der Waals surface area contributed by atoms with Crippen molar-refractivity contribution in [1.29, 1.82) is 0 Å². The van der Waals surface area contributed by atoms with Gasteiger partial charge in [0.2, 0.25) is 5.91 Å². The van der Waals surface area contributed by atoms with E-state index in [0.717, 1.165) is 18.3 Å². The molecule has 130 valence electrons. The zero-order valence-corrected chi connectivity index (χ0v) is 14.1. The van der Waals surface area contributed by atoms with Crippen LogP contribution < -0.4 is 5.32 Å². The van der Waals surface area contributed by atoms with Gasteiger partial charge in [-0.1, -0.05) is 44.2 Å². The van der Waals surface area contributed by atoms with Gasteiger partial charge >= 0.3 is 6.09 Å². The Morgan fingerprint density at radius 3 is 2.67 bits per heavy atom. The molecule has 24 heavy (non-hydrogen) atoms. The van der Waals surface area contributed by atoms with Gasteiger partial charge < -0.3 is 19.7 Å². The van der Waals surface area contributed by atoms with Gasteiger partial charge in [0.1, 0.15) is 18.9 Å². The summed E-state index contributed by atoms with van der Waals surface area (Å²) in [5, 5.41) is 2.64. The SMILES string of the molecule is CC(C)[C@H](NC(=O)OCc1ccccc1)C(=O)N1CCCC1C=O. The van der Waals surface area contributed by atoms with Crippen molar-refractivity contribution < 1.29 is 19.1 Å². The maximum absolute atomic E-state index is 12.7. The van der Waals surface area contributed by atoms with Crippen LogP contribution in [-0.4, -0.2) is 41.8 Å². The molecule has 1 N–H and O–H groups in total. The first-order valence-corrected chi connectivity index (χ1v) is 8.26. The number of aldehydes is 1. The summed E-state index contributed by atoms with van der Waals surface area (Å²) in [4.78, 5) is 37.3. The summed E-state index contributed by atoms with van der Waals surface area (Å²) in [6, 6.07) is 8.24. The molecule has 1 fully saturated rings. The minimum absolute atomic E-state index is 0.102. The van der Waals surface area contributed by atoms with Gasteiger partial charge in [0.25, 0.3) is 0 Å². The second-order valence-electron chi connectivity index (χ2n) is 6.31. The van der Waals surface area contributed by atoms with Crippen molar-refractivity contribution in [3.63, 3.8) is 0 Å². The summed E-state index contributed by atoms with van der Waals surface area (Å²) in [7, 11) is 0. The molecule has 0 aliphatic carbocycles. The first-order chi connectivity index (χ1) is 11.5. The first-order valence-electron chi connectivity index (χ1n) is 8.26. The van der Waals surface area contributed by atoms with Crippen molar-refractivity contribution in [2.75, 3.05) is 6.54 Å². The fraction of sp³-hybridized carbons (Fsp3) is 0.500. The minimum atomic E-state index is -0.700. The predicted octanol–water partition coefficient (Wildman–Crippen LogP) is 2.13. The van der Waals surface area contributed by atoms with Crippen LogP contribution in [0.3, 0.4) is 0 Å². The molecule has 1 saturated heterocycles. The number of carbonyl (C=O) groups is 3. The summed E-state index contributed by atoms with van der Waals surface area (Å²) in [5.41, 5.74) is 0.876. The van der Waals surface area contributed by atoms with Gasteiger partial charge in [-0.3, -0.25) is 4.79 Å². The molecule has 1 heterocycles. The molecule has 6 nitrogen and oxygen atoms in total. The Kier molecular flexibility index (Phi) is 6.35. The second kappa shape index (κ2) is 8.47. The van der Waals surface area contributed by atoms with E-state index in [0.29, 0.717) is 13.0 Å². The molecule has 2 amide bonds. The molecule has 1 aromatic rings. The van der Waals surface area contributed by atoms with E-state index >= 15 is 0 Å².